The van der Waals surface area contributed by atoms with E-state index in [0.29, 0.717) is 5.57 Å². The number of nitrogens with zero attached hydrogens (tertiary/aromatic N) is 1. The molecule has 6 nitrogen and oxygen atoms in total. The Labute approximate surface area is 125 Å². The highest BCUT2D eigenvalue weighted by atomic mass is 35.5. The summed E-state index contributed by atoms with van der Waals surface area (Å²) >= 11 is 11.5. The van der Waals surface area contributed by atoms with E-state index in [1.165, 1.54) is 19.3 Å². The highest BCUT2D eigenvalue weighted by Crippen LogP contribution is 2.35. The molecule has 0 saturated heterocycles. The van der Waals surface area contributed by atoms with Gasteiger partial charge in [-0.3, -0.25) is 10.1 Å². The summed E-state index contributed by atoms with van der Waals surface area (Å²) in [4.78, 5) is 21.4. The maximum Gasteiger partial charge on any atom is 0.333 e. The predicted octanol–water partition coefficient (Wildman–Crippen LogP) is 3.40. The molecular weight excluding hydrogens is 309 g/mol. The molecule has 108 valence electrons. The van der Waals surface area contributed by atoms with Crippen LogP contribution < -0.4 is 4.74 Å². The lowest BCUT2D eigenvalue weighted by Gasteiger charge is -2.06. The van der Waals surface area contributed by atoms with Crippen molar-refractivity contribution in [3.63, 3.8) is 0 Å². The molecule has 1 rings (SSSR count). The van der Waals surface area contributed by atoms with E-state index in [9.17, 15) is 14.9 Å². The molecule has 0 heterocycles. The molecule has 0 fully saturated rings. The highest BCUT2D eigenvalue weighted by molar-refractivity contribution is 6.42. The lowest BCUT2D eigenvalue weighted by Crippen LogP contribution is -2.04. The van der Waals surface area contributed by atoms with Crippen molar-refractivity contribution in [2.45, 2.75) is 6.92 Å². The maximum atomic E-state index is 11.1. The summed E-state index contributed by atoms with van der Waals surface area (Å²) in [5.41, 5.74) is 0.0266. The van der Waals surface area contributed by atoms with Gasteiger partial charge in [0.15, 0.2) is 5.75 Å². The van der Waals surface area contributed by atoms with Crippen molar-refractivity contribution in [3.05, 3.63) is 43.9 Å². The van der Waals surface area contributed by atoms with E-state index in [1.54, 1.807) is 6.92 Å². The molecule has 0 unspecified atom stereocenters. The Morgan fingerprint density at radius 3 is 2.55 bits per heavy atom. The third-order valence-corrected chi connectivity index (χ3v) is 3.06. The zero-order chi connectivity index (χ0) is 15.3. The van der Waals surface area contributed by atoms with Crippen molar-refractivity contribution in [2.24, 2.45) is 0 Å². The van der Waals surface area contributed by atoms with E-state index >= 15 is 0 Å². The number of hydrogen-bond acceptors (Lipinski definition) is 5. The first-order chi connectivity index (χ1) is 9.36. The quantitative estimate of drug-likeness (QED) is 0.359. The number of benzene rings is 1. The number of nitro benzene ring substituents is 1. The van der Waals surface area contributed by atoms with Crippen molar-refractivity contribution in [1.82, 2.24) is 0 Å². The van der Waals surface area contributed by atoms with Gasteiger partial charge in [0, 0.05) is 17.7 Å². The molecule has 0 amide bonds. The van der Waals surface area contributed by atoms with Gasteiger partial charge in [-0.25, -0.2) is 4.79 Å². The zero-order valence-corrected chi connectivity index (χ0v) is 12.2. The number of nitro groups is 1. The van der Waals surface area contributed by atoms with E-state index < -0.39 is 10.9 Å². The fraction of sp³-hybridized carbons (Fsp3) is 0.250. The normalized spacial score (nSPS) is 11.1. The molecule has 20 heavy (non-hydrogen) atoms. The van der Waals surface area contributed by atoms with Crippen molar-refractivity contribution in [3.8, 4) is 5.75 Å². The monoisotopic (exact) mass is 319 g/mol. The van der Waals surface area contributed by atoms with Crippen molar-refractivity contribution < 1.29 is 19.2 Å². The smallest absolute Gasteiger partial charge is 0.333 e. The molecule has 0 aromatic heterocycles. The lowest BCUT2D eigenvalue weighted by molar-refractivity contribution is -0.385. The van der Waals surface area contributed by atoms with Crippen LogP contribution in [0.4, 0.5) is 5.69 Å². The number of ether oxygens (including phenoxy) is 2. The number of rotatable bonds is 5. The molecule has 8 heteroatoms. The van der Waals surface area contributed by atoms with Gasteiger partial charge in [0.2, 0.25) is 0 Å². The van der Waals surface area contributed by atoms with Crippen LogP contribution in [-0.2, 0) is 9.53 Å². The van der Waals surface area contributed by atoms with Crippen molar-refractivity contribution in [2.75, 3.05) is 13.7 Å². The Balaban J connectivity index is 2.90. The molecule has 0 atom stereocenters. The van der Waals surface area contributed by atoms with Gasteiger partial charge in [0.05, 0.1) is 22.1 Å². The third kappa shape index (κ3) is 4.11. The molecule has 0 saturated carbocycles. The molecule has 0 bridgehead atoms. The SMILES string of the molecule is COC(=O)/C(C)=C/COc1cc(Cl)c(Cl)cc1[N+](=O)[O-]. The van der Waals surface area contributed by atoms with E-state index in [-0.39, 0.29) is 28.1 Å². The van der Waals surface area contributed by atoms with Crippen LogP contribution in [0, 0.1) is 10.1 Å². The van der Waals surface area contributed by atoms with Crippen LogP contribution in [0.15, 0.2) is 23.8 Å². The van der Waals surface area contributed by atoms with Gasteiger partial charge in [-0.1, -0.05) is 23.2 Å². The van der Waals surface area contributed by atoms with Crippen molar-refractivity contribution >= 4 is 34.9 Å². The average molecular weight is 320 g/mol. The summed E-state index contributed by atoms with van der Waals surface area (Å²) in [7, 11) is 1.25. The van der Waals surface area contributed by atoms with E-state index in [4.69, 9.17) is 27.9 Å². The number of halogens is 2. The molecule has 0 N–H and O–H groups in total. The van der Waals surface area contributed by atoms with Gasteiger partial charge >= 0.3 is 11.7 Å². The van der Waals surface area contributed by atoms with Crippen LogP contribution in [-0.4, -0.2) is 24.6 Å². The van der Waals surface area contributed by atoms with Gasteiger partial charge < -0.3 is 9.47 Å². The molecule has 0 spiro atoms. The summed E-state index contributed by atoms with van der Waals surface area (Å²) in [5.74, 6) is -0.532. The second kappa shape index (κ2) is 7.12. The largest absolute Gasteiger partial charge is 0.483 e. The van der Waals surface area contributed by atoms with E-state index in [1.807, 2.05) is 0 Å². The number of carbonyl (C=O) groups excluding carboxylic acids is 1. The van der Waals surface area contributed by atoms with E-state index in [2.05, 4.69) is 4.74 Å². The average Bonchev–Trinajstić information content (AvgIpc) is 2.40. The van der Waals surface area contributed by atoms with Gasteiger partial charge in [-0.15, -0.1) is 0 Å². The summed E-state index contributed by atoms with van der Waals surface area (Å²) < 4.78 is 9.73. The molecule has 0 aliphatic carbocycles. The zero-order valence-electron chi connectivity index (χ0n) is 10.7. The minimum atomic E-state index is -0.631. The van der Waals surface area contributed by atoms with Gasteiger partial charge in [-0.05, 0) is 13.0 Å². The fourth-order valence-electron chi connectivity index (χ4n) is 1.28. The molecule has 0 aliphatic heterocycles. The predicted molar refractivity (Wildman–Crippen MR) is 74.4 cm³/mol. The van der Waals surface area contributed by atoms with Crippen LogP contribution in [0.2, 0.25) is 10.0 Å². The molecule has 0 aliphatic rings. The van der Waals surface area contributed by atoms with Gasteiger partial charge in [-0.2, -0.15) is 0 Å². The van der Waals surface area contributed by atoms with Crippen LogP contribution in [0.5, 0.6) is 5.75 Å². The Hall–Kier alpha value is -1.79. The topological polar surface area (TPSA) is 78.7 Å². The minimum Gasteiger partial charge on any atom is -0.483 e. The first kappa shape index (κ1) is 16.3. The third-order valence-electron chi connectivity index (χ3n) is 2.33. The van der Waals surface area contributed by atoms with Crippen molar-refractivity contribution in [1.29, 1.82) is 0 Å². The molecule has 1 aromatic carbocycles. The number of carbonyl (C=O) groups is 1. The Morgan fingerprint density at radius 2 is 2.00 bits per heavy atom. The molecular formula is C12H11Cl2NO5. The second-order valence-corrected chi connectivity index (χ2v) is 4.50. The molecule has 0 radical (unpaired) electrons. The summed E-state index contributed by atoms with van der Waals surface area (Å²) in [6.45, 7) is 1.50. The second-order valence-electron chi connectivity index (χ2n) is 3.68. The summed E-state index contributed by atoms with van der Waals surface area (Å²) in [6.07, 6.45) is 1.44. The fourth-order valence-corrected chi connectivity index (χ4v) is 1.59. The van der Waals surface area contributed by atoms with Crippen LogP contribution >= 0.6 is 23.2 Å². The number of esters is 1. The van der Waals surface area contributed by atoms with Gasteiger partial charge in [0.25, 0.3) is 0 Å². The van der Waals surface area contributed by atoms with Crippen LogP contribution in [0.25, 0.3) is 0 Å². The Kier molecular flexibility index (Phi) is 5.79. The van der Waals surface area contributed by atoms with E-state index in [0.717, 1.165) is 6.07 Å². The summed E-state index contributed by atoms with van der Waals surface area (Å²) in [6, 6.07) is 2.36. The number of methoxy groups -OCH3 is 1. The van der Waals surface area contributed by atoms with Gasteiger partial charge in [0.1, 0.15) is 6.61 Å². The number of hydrogen-bond donors (Lipinski definition) is 0. The first-order valence-electron chi connectivity index (χ1n) is 5.38. The summed E-state index contributed by atoms with van der Waals surface area (Å²) in [5, 5.41) is 11.1. The standard InChI is InChI=1S/C12H11Cl2NO5/c1-7(12(16)19-2)3-4-20-11-6-9(14)8(13)5-10(11)15(17)18/h3,5-6H,4H2,1-2H3/b7-3+. The van der Waals surface area contributed by atoms with Crippen LogP contribution in [0.3, 0.4) is 0 Å². The molecule has 1 aromatic rings. The minimum absolute atomic E-state index is 0.0293. The Morgan fingerprint density at radius 1 is 1.40 bits per heavy atom. The highest BCUT2D eigenvalue weighted by Gasteiger charge is 2.18. The Bertz CT molecular complexity index is 571. The first-order valence-corrected chi connectivity index (χ1v) is 6.13. The maximum absolute atomic E-state index is 11.1. The lowest BCUT2D eigenvalue weighted by atomic mass is 10.3. The van der Waals surface area contributed by atoms with Crippen LogP contribution in [0.1, 0.15) is 6.92 Å².